The minimum absolute atomic E-state index is 0.00681. The number of amidine groups is 1. The van der Waals surface area contributed by atoms with Gasteiger partial charge in [-0.2, -0.15) is 0 Å². The van der Waals surface area contributed by atoms with Crippen LogP contribution in [-0.4, -0.2) is 29.3 Å². The Labute approximate surface area is 120 Å². The summed E-state index contributed by atoms with van der Waals surface area (Å²) in [4.78, 5) is 4.29. The molecule has 0 aromatic heterocycles. The maximum atomic E-state index is 15.5. The van der Waals surface area contributed by atoms with E-state index in [4.69, 9.17) is 10.5 Å². The average molecular weight is 298 g/mol. The first-order valence-electron chi connectivity index (χ1n) is 6.50. The van der Waals surface area contributed by atoms with Gasteiger partial charge in [0.2, 0.25) is 0 Å². The van der Waals surface area contributed by atoms with Gasteiger partial charge in [-0.1, -0.05) is 30.0 Å². The number of thioether (sulfide) groups is 1. The lowest BCUT2D eigenvalue weighted by Gasteiger charge is -2.49. The first-order chi connectivity index (χ1) is 9.47. The molecule has 108 valence electrons. The van der Waals surface area contributed by atoms with E-state index in [1.807, 2.05) is 6.92 Å². The fraction of sp³-hybridized carbons (Fsp3) is 0.500. The normalized spacial score (nSPS) is 37.1. The molecule has 3 rings (SSSR count). The third kappa shape index (κ3) is 1.93. The lowest BCUT2D eigenvalue weighted by atomic mass is 9.73. The van der Waals surface area contributed by atoms with Crippen molar-refractivity contribution in [3.05, 3.63) is 35.6 Å². The number of aliphatic imine (C=N–C) groups is 1. The highest BCUT2D eigenvalue weighted by atomic mass is 32.2. The van der Waals surface area contributed by atoms with Crippen LogP contribution in [0.3, 0.4) is 0 Å². The lowest BCUT2D eigenvalue weighted by molar-refractivity contribution is -0.107. The number of hydrogen-bond donors (Lipinski definition) is 1. The molecular formula is C14H16F2N2OS. The molecular weight excluding hydrogens is 282 g/mol. The molecule has 3 nitrogen and oxygen atoms in total. The lowest BCUT2D eigenvalue weighted by Crippen LogP contribution is -2.60. The maximum Gasteiger partial charge on any atom is 0.155 e. The summed E-state index contributed by atoms with van der Waals surface area (Å²) < 4.78 is 35.3. The first-order valence-corrected chi connectivity index (χ1v) is 7.49. The van der Waals surface area contributed by atoms with Crippen molar-refractivity contribution in [3.8, 4) is 0 Å². The van der Waals surface area contributed by atoms with Gasteiger partial charge in [0.05, 0.1) is 12.7 Å². The Morgan fingerprint density at radius 2 is 2.20 bits per heavy atom. The van der Waals surface area contributed by atoms with Gasteiger partial charge in [0.15, 0.2) is 10.8 Å². The van der Waals surface area contributed by atoms with E-state index in [1.165, 1.54) is 17.8 Å². The molecule has 0 saturated carbocycles. The van der Waals surface area contributed by atoms with E-state index in [0.29, 0.717) is 0 Å². The van der Waals surface area contributed by atoms with Crippen molar-refractivity contribution >= 4 is 16.9 Å². The highest BCUT2D eigenvalue weighted by molar-refractivity contribution is 8.13. The van der Waals surface area contributed by atoms with E-state index < -0.39 is 17.0 Å². The van der Waals surface area contributed by atoms with Crippen LogP contribution in [0.15, 0.2) is 29.3 Å². The summed E-state index contributed by atoms with van der Waals surface area (Å²) in [5, 5.41) is 0.277. The molecule has 1 aromatic rings. The SMILES string of the molecule is C[C@H]1C[C@@]2(F)CSC(N)=N[C@@]2(c2ccccc2F)CO1. The maximum absolute atomic E-state index is 15.5. The van der Waals surface area contributed by atoms with Gasteiger partial charge in [-0.15, -0.1) is 0 Å². The van der Waals surface area contributed by atoms with Crippen LogP contribution in [0, 0.1) is 5.82 Å². The van der Waals surface area contributed by atoms with Crippen molar-refractivity contribution in [2.24, 2.45) is 10.7 Å². The number of halogens is 2. The molecule has 6 heteroatoms. The number of benzene rings is 1. The Hall–Kier alpha value is -1.14. The van der Waals surface area contributed by atoms with Crippen molar-refractivity contribution in [1.82, 2.24) is 0 Å². The van der Waals surface area contributed by atoms with Crippen molar-refractivity contribution < 1.29 is 13.5 Å². The predicted molar refractivity (Wildman–Crippen MR) is 76.0 cm³/mol. The van der Waals surface area contributed by atoms with Gasteiger partial charge < -0.3 is 10.5 Å². The van der Waals surface area contributed by atoms with Crippen LogP contribution in [0.5, 0.6) is 0 Å². The molecule has 2 N–H and O–H groups in total. The number of alkyl halides is 1. The number of nitrogens with zero attached hydrogens (tertiary/aromatic N) is 1. The van der Waals surface area contributed by atoms with Crippen molar-refractivity contribution in [1.29, 1.82) is 0 Å². The zero-order valence-electron chi connectivity index (χ0n) is 11.1. The quantitative estimate of drug-likeness (QED) is 0.867. The second-order valence-electron chi connectivity index (χ2n) is 5.37. The van der Waals surface area contributed by atoms with E-state index in [2.05, 4.69) is 4.99 Å². The Kier molecular flexibility index (Phi) is 3.25. The number of fused-ring (bicyclic) bond motifs is 1. The Balaban J connectivity index is 2.19. The van der Waals surface area contributed by atoms with Crippen LogP contribution in [0.2, 0.25) is 0 Å². The van der Waals surface area contributed by atoms with E-state index >= 15 is 4.39 Å². The molecule has 1 aromatic carbocycles. The largest absolute Gasteiger partial charge is 0.379 e. The molecule has 2 heterocycles. The van der Waals surface area contributed by atoms with Crippen LogP contribution < -0.4 is 5.73 Å². The molecule has 0 radical (unpaired) electrons. The molecule has 0 amide bonds. The van der Waals surface area contributed by atoms with E-state index in [-0.39, 0.29) is 35.6 Å². The van der Waals surface area contributed by atoms with Gasteiger partial charge in [-0.3, -0.25) is 0 Å². The molecule has 0 spiro atoms. The van der Waals surface area contributed by atoms with Gasteiger partial charge in [0.25, 0.3) is 0 Å². The molecule has 2 aliphatic heterocycles. The molecule has 20 heavy (non-hydrogen) atoms. The second-order valence-corrected chi connectivity index (χ2v) is 6.37. The van der Waals surface area contributed by atoms with Gasteiger partial charge >= 0.3 is 0 Å². The number of hydrogen-bond acceptors (Lipinski definition) is 4. The molecule has 0 aliphatic carbocycles. The Bertz CT molecular complexity index is 568. The number of nitrogens with two attached hydrogens (primary N) is 1. The Morgan fingerprint density at radius 1 is 1.45 bits per heavy atom. The van der Waals surface area contributed by atoms with Gasteiger partial charge in [0, 0.05) is 17.7 Å². The Morgan fingerprint density at radius 3 is 2.95 bits per heavy atom. The summed E-state index contributed by atoms with van der Waals surface area (Å²) >= 11 is 1.18. The predicted octanol–water partition coefficient (Wildman–Crippen LogP) is 2.60. The zero-order valence-corrected chi connectivity index (χ0v) is 11.9. The zero-order chi connectivity index (χ0) is 14.4. The molecule has 3 atom stereocenters. The van der Waals surface area contributed by atoms with Crippen LogP contribution in [0.25, 0.3) is 0 Å². The minimum atomic E-state index is -1.65. The summed E-state index contributed by atoms with van der Waals surface area (Å²) in [6.07, 6.45) is -0.0273. The highest BCUT2D eigenvalue weighted by Gasteiger charge is 2.60. The van der Waals surface area contributed by atoms with Crippen LogP contribution >= 0.6 is 11.8 Å². The fourth-order valence-electron chi connectivity index (χ4n) is 2.97. The van der Waals surface area contributed by atoms with E-state index in [1.54, 1.807) is 18.2 Å². The summed E-state index contributed by atoms with van der Waals surface area (Å²) in [6.45, 7) is 1.83. The summed E-state index contributed by atoms with van der Waals surface area (Å²) in [6, 6.07) is 6.14. The summed E-state index contributed by atoms with van der Waals surface area (Å²) in [7, 11) is 0. The number of ether oxygens (including phenoxy) is 1. The van der Waals surface area contributed by atoms with Crippen LogP contribution in [-0.2, 0) is 10.3 Å². The second kappa shape index (κ2) is 4.70. The van der Waals surface area contributed by atoms with Gasteiger partial charge in [-0.05, 0) is 13.0 Å². The van der Waals surface area contributed by atoms with Crippen LogP contribution in [0.4, 0.5) is 8.78 Å². The monoisotopic (exact) mass is 298 g/mol. The van der Waals surface area contributed by atoms with Crippen molar-refractivity contribution in [2.45, 2.75) is 30.7 Å². The fourth-order valence-corrected chi connectivity index (χ4v) is 3.92. The third-order valence-electron chi connectivity index (χ3n) is 4.00. The third-order valence-corrected chi connectivity index (χ3v) is 4.99. The van der Waals surface area contributed by atoms with Crippen LogP contribution in [0.1, 0.15) is 18.9 Å². The number of rotatable bonds is 1. The minimum Gasteiger partial charge on any atom is -0.379 e. The van der Waals surface area contributed by atoms with Gasteiger partial charge in [0.1, 0.15) is 11.4 Å². The van der Waals surface area contributed by atoms with Crippen molar-refractivity contribution in [3.63, 3.8) is 0 Å². The topological polar surface area (TPSA) is 47.6 Å². The van der Waals surface area contributed by atoms with Crippen molar-refractivity contribution in [2.75, 3.05) is 12.4 Å². The van der Waals surface area contributed by atoms with Gasteiger partial charge in [-0.25, -0.2) is 13.8 Å². The van der Waals surface area contributed by atoms with E-state index in [0.717, 1.165) is 0 Å². The van der Waals surface area contributed by atoms with E-state index in [9.17, 15) is 4.39 Å². The average Bonchev–Trinajstić information content (AvgIpc) is 2.40. The summed E-state index contributed by atoms with van der Waals surface area (Å²) in [5.41, 5.74) is 2.97. The standard InChI is InChI=1S/C14H16F2N2OS/c1-9-6-13(16)8-20-12(17)18-14(13,7-19-9)10-4-2-3-5-11(10)15/h2-5,9H,6-8H2,1H3,(H2,17,18)/t9-,13+,14+/m0/s1. The molecule has 1 saturated heterocycles. The first kappa shape index (κ1) is 13.8. The molecule has 0 unspecified atom stereocenters. The molecule has 1 fully saturated rings. The molecule has 2 aliphatic rings. The molecule has 0 bridgehead atoms. The summed E-state index contributed by atoms with van der Waals surface area (Å²) in [5.74, 6) is -0.305. The highest BCUT2D eigenvalue weighted by Crippen LogP contribution is 2.51. The smallest absolute Gasteiger partial charge is 0.155 e.